The molecule has 0 aliphatic heterocycles. The predicted octanol–water partition coefficient (Wildman–Crippen LogP) is 3.30. The molecular formula is C16H21NO3. The second kappa shape index (κ2) is 10.5. The van der Waals surface area contributed by atoms with E-state index >= 15 is 0 Å². The molecule has 0 heterocycles. The van der Waals surface area contributed by atoms with Crippen molar-refractivity contribution >= 4 is 6.09 Å². The lowest BCUT2D eigenvalue weighted by atomic mass is 10.0. The van der Waals surface area contributed by atoms with Crippen LogP contribution in [0.25, 0.3) is 0 Å². The number of allylic oxidation sites excluding steroid dienone is 3. The summed E-state index contributed by atoms with van der Waals surface area (Å²) in [6.45, 7) is 11.5. The molecule has 1 amide bonds. The maximum atomic E-state index is 11.5. The number of carbonyl (C=O) groups excluding carboxylic acids is 1. The van der Waals surface area contributed by atoms with E-state index in [9.17, 15) is 4.79 Å². The number of hydrogen-bond acceptors (Lipinski definition) is 3. The summed E-state index contributed by atoms with van der Waals surface area (Å²) in [5.41, 5.74) is 0.693. The van der Waals surface area contributed by atoms with Crippen LogP contribution in [0.3, 0.4) is 0 Å². The third-order valence-corrected chi connectivity index (χ3v) is 2.26. The monoisotopic (exact) mass is 275 g/mol. The predicted molar refractivity (Wildman–Crippen MR) is 80.7 cm³/mol. The summed E-state index contributed by atoms with van der Waals surface area (Å²) in [5, 5.41) is 2.69. The van der Waals surface area contributed by atoms with Crippen LogP contribution in [0.15, 0.2) is 48.8 Å². The van der Waals surface area contributed by atoms with Gasteiger partial charge in [-0.3, -0.25) is 0 Å². The molecule has 0 aromatic carbocycles. The van der Waals surface area contributed by atoms with Gasteiger partial charge in [0.05, 0.1) is 12.6 Å². The van der Waals surface area contributed by atoms with Crippen molar-refractivity contribution in [3.05, 3.63) is 48.8 Å². The van der Waals surface area contributed by atoms with Crippen LogP contribution in [0.4, 0.5) is 4.79 Å². The molecule has 0 aliphatic carbocycles. The van der Waals surface area contributed by atoms with Gasteiger partial charge in [0.15, 0.2) is 0 Å². The highest BCUT2D eigenvalue weighted by molar-refractivity contribution is 5.68. The molecule has 0 saturated carbocycles. The summed E-state index contributed by atoms with van der Waals surface area (Å²) < 4.78 is 9.70. The second-order valence-electron chi connectivity index (χ2n) is 3.84. The van der Waals surface area contributed by atoms with Gasteiger partial charge in [-0.05, 0) is 19.4 Å². The van der Waals surface area contributed by atoms with Gasteiger partial charge in [0.2, 0.25) is 0 Å². The van der Waals surface area contributed by atoms with Gasteiger partial charge >= 0.3 is 6.09 Å². The van der Waals surface area contributed by atoms with Crippen molar-refractivity contribution in [2.45, 2.75) is 26.3 Å². The molecule has 4 nitrogen and oxygen atoms in total. The van der Waals surface area contributed by atoms with E-state index < -0.39 is 12.1 Å². The number of amides is 1. The van der Waals surface area contributed by atoms with E-state index in [2.05, 4.69) is 18.5 Å². The molecule has 1 unspecified atom stereocenters. The van der Waals surface area contributed by atoms with Crippen molar-refractivity contribution in [1.29, 1.82) is 0 Å². The van der Waals surface area contributed by atoms with E-state index in [1.807, 2.05) is 31.3 Å². The minimum Gasteiger partial charge on any atom is -0.450 e. The normalized spacial score (nSPS) is 11.8. The molecule has 0 fully saturated rings. The molecule has 0 spiro atoms. The Morgan fingerprint density at radius 1 is 1.45 bits per heavy atom. The van der Waals surface area contributed by atoms with Gasteiger partial charge in [-0.25, -0.2) is 4.79 Å². The highest BCUT2D eigenvalue weighted by Gasteiger charge is 2.16. The fourth-order valence-electron chi connectivity index (χ4n) is 1.35. The number of alkyl carbamates (subject to hydrolysis) is 1. The van der Waals surface area contributed by atoms with Gasteiger partial charge in [0, 0.05) is 6.42 Å². The van der Waals surface area contributed by atoms with Gasteiger partial charge in [-0.1, -0.05) is 43.9 Å². The average Bonchev–Trinajstić information content (AvgIpc) is 2.38. The van der Waals surface area contributed by atoms with Crippen LogP contribution in [-0.2, 0) is 9.47 Å². The molecule has 0 bridgehead atoms. The number of terminal acetylenes is 1. The Labute approximate surface area is 120 Å². The molecule has 108 valence electrons. The summed E-state index contributed by atoms with van der Waals surface area (Å²) in [6.07, 6.45) is 14.2. The van der Waals surface area contributed by atoms with Crippen LogP contribution in [0, 0.1) is 12.5 Å². The smallest absolute Gasteiger partial charge is 0.407 e. The molecule has 1 N–H and O–H groups in total. The van der Waals surface area contributed by atoms with Gasteiger partial charge in [-0.2, -0.15) is 0 Å². The minimum absolute atomic E-state index is 0.293. The molecule has 0 aromatic heterocycles. The molecule has 0 saturated heterocycles. The summed E-state index contributed by atoms with van der Waals surface area (Å²) in [6, 6.07) is -0.392. The molecule has 0 aliphatic rings. The Kier molecular flexibility index (Phi) is 9.24. The molecule has 1 atom stereocenters. The lowest BCUT2D eigenvalue weighted by molar-refractivity contribution is 0.149. The van der Waals surface area contributed by atoms with E-state index in [1.54, 1.807) is 13.0 Å². The zero-order valence-electron chi connectivity index (χ0n) is 12.0. The fraction of sp³-hybridized carbons (Fsp3) is 0.312. The topological polar surface area (TPSA) is 47.6 Å². The van der Waals surface area contributed by atoms with E-state index in [4.69, 9.17) is 15.9 Å². The zero-order chi connectivity index (χ0) is 15.4. The number of nitrogens with one attached hydrogen (secondary N) is 1. The first-order valence-corrected chi connectivity index (χ1v) is 6.26. The van der Waals surface area contributed by atoms with Crippen molar-refractivity contribution < 1.29 is 14.3 Å². The van der Waals surface area contributed by atoms with Crippen molar-refractivity contribution in [2.75, 3.05) is 6.61 Å². The zero-order valence-corrected chi connectivity index (χ0v) is 12.0. The van der Waals surface area contributed by atoms with Crippen molar-refractivity contribution in [1.82, 2.24) is 5.32 Å². The largest absolute Gasteiger partial charge is 0.450 e. The van der Waals surface area contributed by atoms with Gasteiger partial charge in [0.1, 0.15) is 11.9 Å². The fourth-order valence-corrected chi connectivity index (χ4v) is 1.35. The Morgan fingerprint density at radius 2 is 2.15 bits per heavy atom. The maximum absolute atomic E-state index is 11.5. The number of carbonyl (C=O) groups is 1. The van der Waals surface area contributed by atoms with E-state index in [0.717, 1.165) is 0 Å². The highest BCUT2D eigenvalue weighted by Crippen LogP contribution is 2.13. The average molecular weight is 275 g/mol. The van der Waals surface area contributed by atoms with Crippen LogP contribution in [0.2, 0.25) is 0 Å². The Bertz CT molecular complexity index is 441. The summed E-state index contributed by atoms with van der Waals surface area (Å²) in [4.78, 5) is 11.5. The molecular weight excluding hydrogens is 254 g/mol. The molecule has 4 heteroatoms. The third-order valence-electron chi connectivity index (χ3n) is 2.26. The minimum atomic E-state index is -0.522. The van der Waals surface area contributed by atoms with Crippen LogP contribution in [0.5, 0.6) is 0 Å². The Hall–Kier alpha value is -2.41. The van der Waals surface area contributed by atoms with Crippen molar-refractivity contribution in [3.63, 3.8) is 0 Å². The van der Waals surface area contributed by atoms with Crippen LogP contribution >= 0.6 is 0 Å². The Balaban J connectivity index is 4.77. The number of ether oxygens (including phenoxy) is 2. The van der Waals surface area contributed by atoms with Gasteiger partial charge < -0.3 is 14.8 Å². The third kappa shape index (κ3) is 7.83. The van der Waals surface area contributed by atoms with Gasteiger partial charge in [-0.15, -0.1) is 0 Å². The first-order chi connectivity index (χ1) is 9.54. The van der Waals surface area contributed by atoms with Crippen molar-refractivity contribution in [2.24, 2.45) is 0 Å². The highest BCUT2D eigenvalue weighted by atomic mass is 16.5. The quantitative estimate of drug-likeness (QED) is 0.420. The summed E-state index contributed by atoms with van der Waals surface area (Å²) in [5.74, 6) is 0.370. The number of hydrogen-bond donors (Lipinski definition) is 1. The summed E-state index contributed by atoms with van der Waals surface area (Å²) >= 11 is 0. The van der Waals surface area contributed by atoms with Crippen LogP contribution in [0.1, 0.15) is 20.3 Å². The van der Waals surface area contributed by atoms with Crippen molar-refractivity contribution in [3.8, 4) is 12.5 Å². The lowest BCUT2D eigenvalue weighted by Crippen LogP contribution is -2.36. The van der Waals surface area contributed by atoms with E-state index in [-0.39, 0.29) is 0 Å². The first kappa shape index (κ1) is 17.6. The SMILES string of the molecule is C#COC(=C)CC(NC(=O)OCC)C(=C)C=CC=CC. The molecule has 20 heavy (non-hydrogen) atoms. The second-order valence-corrected chi connectivity index (χ2v) is 3.84. The molecule has 0 aromatic rings. The van der Waals surface area contributed by atoms with Gasteiger partial charge in [0.25, 0.3) is 0 Å². The summed E-state index contributed by atoms with van der Waals surface area (Å²) in [7, 11) is 0. The maximum Gasteiger partial charge on any atom is 0.407 e. The molecule has 0 rings (SSSR count). The van der Waals surface area contributed by atoms with E-state index in [0.29, 0.717) is 24.4 Å². The van der Waals surface area contributed by atoms with Crippen LogP contribution < -0.4 is 5.32 Å². The van der Waals surface area contributed by atoms with Crippen LogP contribution in [-0.4, -0.2) is 18.7 Å². The van der Waals surface area contributed by atoms with E-state index in [1.165, 1.54) is 0 Å². The number of rotatable bonds is 8. The standard InChI is InChI=1S/C16H21NO3/c1-6-9-10-11-13(4)15(12-14(5)19-7-2)17-16(18)20-8-3/h2,6,9-11,15H,4-5,8,12H2,1,3H3,(H,17,18). The lowest BCUT2D eigenvalue weighted by Gasteiger charge is -2.19. The first-order valence-electron chi connectivity index (χ1n) is 6.26. The molecule has 0 radical (unpaired) electrons. The Morgan fingerprint density at radius 3 is 2.70 bits per heavy atom.